The third-order valence-corrected chi connectivity index (χ3v) is 2.28. The van der Waals surface area contributed by atoms with E-state index in [9.17, 15) is 4.79 Å². The first-order valence-electron chi connectivity index (χ1n) is 5.37. The molecule has 0 saturated heterocycles. The van der Waals surface area contributed by atoms with Crippen LogP contribution in [0.2, 0.25) is 0 Å². The summed E-state index contributed by atoms with van der Waals surface area (Å²) in [6, 6.07) is 0. The van der Waals surface area contributed by atoms with Crippen molar-refractivity contribution in [1.82, 2.24) is 5.32 Å². The Morgan fingerprint density at radius 2 is 1.81 bits per heavy atom. The quantitative estimate of drug-likeness (QED) is 0.291. The van der Waals surface area contributed by atoms with Gasteiger partial charge < -0.3 is 20.1 Å². The highest BCUT2D eigenvalue weighted by molar-refractivity contribution is 5.71. The van der Waals surface area contributed by atoms with Crippen molar-refractivity contribution in [3.8, 4) is 0 Å². The lowest BCUT2D eigenvalue weighted by molar-refractivity contribution is -0.143. The highest BCUT2D eigenvalue weighted by atomic mass is 16.5. The van der Waals surface area contributed by atoms with E-state index in [4.69, 9.17) is 20.1 Å². The lowest BCUT2D eigenvalue weighted by Crippen LogP contribution is -2.56. The average molecular weight is 235 g/mol. The minimum absolute atomic E-state index is 0.147. The van der Waals surface area contributed by atoms with Crippen LogP contribution in [0, 0.1) is 0 Å². The highest BCUT2D eigenvalue weighted by Crippen LogP contribution is 2.00. The van der Waals surface area contributed by atoms with Gasteiger partial charge in [0.15, 0.2) is 0 Å². The van der Waals surface area contributed by atoms with Crippen LogP contribution >= 0.6 is 0 Å². The van der Waals surface area contributed by atoms with Gasteiger partial charge >= 0.3 is 5.97 Å². The molecule has 6 nitrogen and oxygen atoms in total. The molecule has 0 radical (unpaired) electrons. The molecule has 0 rings (SSSR count). The number of hydrogen-bond acceptors (Lipinski definition) is 6. The zero-order valence-corrected chi connectivity index (χ0v) is 9.61. The number of hydrogen-bond donors (Lipinski definition) is 4. The van der Waals surface area contributed by atoms with Crippen molar-refractivity contribution in [3.05, 3.63) is 0 Å². The van der Waals surface area contributed by atoms with Gasteiger partial charge in [-0.2, -0.15) is 0 Å². The zero-order chi connectivity index (χ0) is 12.4. The third kappa shape index (κ3) is 5.41. The number of aliphatic hydroxyl groups is 3. The number of ether oxygens (including phenoxy) is 1. The Morgan fingerprint density at radius 3 is 2.25 bits per heavy atom. The van der Waals surface area contributed by atoms with E-state index in [0.717, 1.165) is 12.8 Å². The van der Waals surface area contributed by atoms with Gasteiger partial charge in [-0.25, -0.2) is 0 Å². The molecule has 0 aliphatic carbocycles. The van der Waals surface area contributed by atoms with Gasteiger partial charge in [-0.05, 0) is 6.42 Å². The Morgan fingerprint density at radius 1 is 1.25 bits per heavy atom. The molecule has 16 heavy (non-hydrogen) atoms. The van der Waals surface area contributed by atoms with E-state index in [1.54, 1.807) is 0 Å². The van der Waals surface area contributed by atoms with E-state index >= 15 is 0 Å². The highest BCUT2D eigenvalue weighted by Gasteiger charge is 2.28. The molecule has 0 aliphatic heterocycles. The molecular formula is C10H21NO5. The van der Waals surface area contributed by atoms with Gasteiger partial charge in [0.1, 0.15) is 0 Å². The maximum absolute atomic E-state index is 11.2. The lowest BCUT2D eigenvalue weighted by Gasteiger charge is -2.28. The predicted molar refractivity (Wildman–Crippen MR) is 57.9 cm³/mol. The van der Waals surface area contributed by atoms with Crippen LogP contribution in [0.4, 0.5) is 0 Å². The van der Waals surface area contributed by atoms with Gasteiger partial charge in [0.2, 0.25) is 0 Å². The normalized spacial score (nSPS) is 11.5. The monoisotopic (exact) mass is 235 g/mol. The molecule has 0 saturated carbocycles. The minimum atomic E-state index is -1.23. The molecule has 4 N–H and O–H groups in total. The molecule has 0 aliphatic rings. The number of carbonyl (C=O) groups excluding carboxylic acids is 1. The molecule has 6 heteroatoms. The van der Waals surface area contributed by atoms with Gasteiger partial charge in [0, 0.05) is 0 Å². The maximum Gasteiger partial charge on any atom is 0.319 e. The summed E-state index contributed by atoms with van der Waals surface area (Å²) in [7, 11) is 0. The van der Waals surface area contributed by atoms with Gasteiger partial charge in [-0.15, -0.1) is 0 Å². The minimum Gasteiger partial charge on any atom is -0.465 e. The molecule has 0 spiro atoms. The van der Waals surface area contributed by atoms with Crippen molar-refractivity contribution in [2.75, 3.05) is 33.0 Å². The summed E-state index contributed by atoms with van der Waals surface area (Å²) in [5.74, 6) is -0.465. The molecule has 0 aromatic rings. The molecule has 0 unspecified atom stereocenters. The average Bonchev–Trinajstić information content (AvgIpc) is 2.32. The van der Waals surface area contributed by atoms with E-state index < -0.39 is 31.3 Å². The number of aliphatic hydroxyl groups excluding tert-OH is 3. The predicted octanol–water partition coefficient (Wildman–Crippen LogP) is -1.36. The number of unbranched alkanes of at least 4 members (excludes halogenated alkanes) is 1. The van der Waals surface area contributed by atoms with E-state index in [-0.39, 0.29) is 6.54 Å². The topological polar surface area (TPSA) is 99.0 Å². The van der Waals surface area contributed by atoms with E-state index in [2.05, 4.69) is 5.32 Å². The van der Waals surface area contributed by atoms with Crippen molar-refractivity contribution in [2.24, 2.45) is 0 Å². The number of esters is 1. The number of rotatable bonds is 9. The SMILES string of the molecule is CCCCOC(=O)CNC(CO)(CO)CO. The fraction of sp³-hybridized carbons (Fsp3) is 0.900. The maximum atomic E-state index is 11.2. The van der Waals surface area contributed by atoms with Gasteiger partial charge in [0.05, 0.1) is 38.5 Å². The molecule has 0 heterocycles. The Bertz CT molecular complexity index is 185. The van der Waals surface area contributed by atoms with E-state index in [1.807, 2.05) is 6.92 Å². The molecule has 0 aromatic carbocycles. The molecule has 96 valence electrons. The Hall–Kier alpha value is -0.690. The van der Waals surface area contributed by atoms with Crippen molar-refractivity contribution >= 4 is 5.97 Å². The first kappa shape index (κ1) is 15.3. The van der Waals surface area contributed by atoms with Crippen LogP contribution < -0.4 is 5.32 Å². The van der Waals surface area contributed by atoms with Crippen LogP contribution in [0.25, 0.3) is 0 Å². The largest absolute Gasteiger partial charge is 0.465 e. The summed E-state index contributed by atoms with van der Waals surface area (Å²) in [6.07, 6.45) is 1.74. The molecule has 0 fully saturated rings. The lowest BCUT2D eigenvalue weighted by atomic mass is 10.0. The second-order valence-electron chi connectivity index (χ2n) is 3.68. The van der Waals surface area contributed by atoms with Crippen molar-refractivity contribution in [2.45, 2.75) is 25.3 Å². The Balaban J connectivity index is 3.87. The van der Waals surface area contributed by atoms with Gasteiger partial charge in [-0.3, -0.25) is 10.1 Å². The summed E-state index contributed by atoms with van der Waals surface area (Å²) in [4.78, 5) is 11.2. The Kier molecular flexibility index (Phi) is 8.10. The van der Waals surface area contributed by atoms with Crippen LogP contribution in [0.3, 0.4) is 0 Å². The summed E-state index contributed by atoms with van der Waals surface area (Å²) in [5.41, 5.74) is -1.23. The smallest absolute Gasteiger partial charge is 0.319 e. The van der Waals surface area contributed by atoms with Crippen molar-refractivity contribution in [3.63, 3.8) is 0 Å². The van der Waals surface area contributed by atoms with E-state index in [0.29, 0.717) is 6.61 Å². The molecule has 0 aromatic heterocycles. The van der Waals surface area contributed by atoms with Crippen LogP contribution in [-0.4, -0.2) is 59.8 Å². The molecule has 0 amide bonds. The second-order valence-corrected chi connectivity index (χ2v) is 3.68. The summed E-state index contributed by atoms with van der Waals surface area (Å²) < 4.78 is 4.86. The van der Waals surface area contributed by atoms with Gasteiger partial charge in [-0.1, -0.05) is 13.3 Å². The van der Waals surface area contributed by atoms with Crippen molar-refractivity contribution in [1.29, 1.82) is 0 Å². The van der Waals surface area contributed by atoms with Gasteiger partial charge in [0.25, 0.3) is 0 Å². The van der Waals surface area contributed by atoms with Crippen molar-refractivity contribution < 1.29 is 24.9 Å². The van der Waals surface area contributed by atoms with E-state index in [1.165, 1.54) is 0 Å². The molecular weight excluding hydrogens is 214 g/mol. The second kappa shape index (κ2) is 8.46. The molecule has 0 atom stereocenters. The van der Waals surface area contributed by atoms with Crippen LogP contribution in [-0.2, 0) is 9.53 Å². The standard InChI is InChI=1S/C10H21NO5/c1-2-3-4-16-9(15)5-11-10(6-12,7-13)8-14/h11-14H,2-8H2,1H3. The third-order valence-electron chi connectivity index (χ3n) is 2.28. The molecule has 0 bridgehead atoms. The Labute approximate surface area is 95.2 Å². The summed E-state index contributed by atoms with van der Waals surface area (Å²) >= 11 is 0. The summed E-state index contributed by atoms with van der Waals surface area (Å²) in [5, 5.41) is 29.5. The summed E-state index contributed by atoms with van der Waals surface area (Å²) in [6.45, 7) is 0.833. The zero-order valence-electron chi connectivity index (χ0n) is 9.61. The number of carbonyl (C=O) groups is 1. The fourth-order valence-electron chi connectivity index (χ4n) is 0.959. The fourth-order valence-corrected chi connectivity index (χ4v) is 0.959. The number of nitrogens with one attached hydrogen (secondary N) is 1. The van der Waals surface area contributed by atoms with Crippen LogP contribution in [0.1, 0.15) is 19.8 Å². The van der Waals surface area contributed by atoms with Crippen LogP contribution in [0.5, 0.6) is 0 Å². The van der Waals surface area contributed by atoms with Crippen LogP contribution in [0.15, 0.2) is 0 Å². The first-order valence-corrected chi connectivity index (χ1v) is 5.37. The first-order chi connectivity index (χ1) is 7.64.